The van der Waals surface area contributed by atoms with Crippen molar-refractivity contribution in [1.29, 1.82) is 0 Å². The van der Waals surface area contributed by atoms with E-state index >= 15 is 0 Å². The maximum Gasteiger partial charge on any atom is 0.303 e. The lowest BCUT2D eigenvalue weighted by atomic mass is 9.93. The van der Waals surface area contributed by atoms with Gasteiger partial charge in [-0.25, -0.2) is 0 Å². The largest absolute Gasteiger partial charge is 0.455 e. The molecule has 1 aromatic rings. The van der Waals surface area contributed by atoms with Gasteiger partial charge in [0.15, 0.2) is 12.2 Å². The fraction of sp³-hybridized carbons (Fsp3) is 0.389. The number of carbonyl (C=O) groups is 3. The van der Waals surface area contributed by atoms with Crippen molar-refractivity contribution in [3.05, 3.63) is 48.0 Å². The quantitative estimate of drug-likeness (QED) is 0.636. The average Bonchev–Trinajstić information content (AvgIpc) is 2.57. The van der Waals surface area contributed by atoms with Gasteiger partial charge >= 0.3 is 11.9 Å². The monoisotopic (exact) mass is 347 g/mol. The highest BCUT2D eigenvalue weighted by molar-refractivity contribution is 5.94. The molecule has 4 atom stereocenters. The maximum absolute atomic E-state index is 12.4. The lowest BCUT2D eigenvalue weighted by molar-refractivity contribution is -0.174. The molecule has 0 radical (unpaired) electrons. The van der Waals surface area contributed by atoms with Gasteiger partial charge in [0.2, 0.25) is 0 Å². The molecule has 0 heterocycles. The molecule has 7 nitrogen and oxygen atoms in total. The van der Waals surface area contributed by atoms with E-state index in [2.05, 4.69) is 5.32 Å². The summed E-state index contributed by atoms with van der Waals surface area (Å²) in [5.41, 5.74) is 0.497. The zero-order valence-electron chi connectivity index (χ0n) is 14.3. The number of methoxy groups -OCH3 is 1. The topological polar surface area (TPSA) is 90.9 Å². The molecular formula is C18H21NO6. The molecule has 0 bridgehead atoms. The van der Waals surface area contributed by atoms with Crippen molar-refractivity contribution in [2.75, 3.05) is 7.11 Å². The van der Waals surface area contributed by atoms with Gasteiger partial charge in [-0.2, -0.15) is 0 Å². The number of hydrogen-bond donors (Lipinski definition) is 1. The highest BCUT2D eigenvalue weighted by Gasteiger charge is 2.41. The normalized spacial score (nSPS) is 25.1. The van der Waals surface area contributed by atoms with Crippen molar-refractivity contribution in [2.45, 2.75) is 38.2 Å². The van der Waals surface area contributed by atoms with Crippen LogP contribution < -0.4 is 5.32 Å². The number of benzene rings is 1. The van der Waals surface area contributed by atoms with Crippen molar-refractivity contribution in [3.63, 3.8) is 0 Å². The smallest absolute Gasteiger partial charge is 0.303 e. The van der Waals surface area contributed by atoms with Crippen LogP contribution in [0.1, 0.15) is 24.2 Å². The van der Waals surface area contributed by atoms with E-state index in [1.165, 1.54) is 21.0 Å². The first-order valence-corrected chi connectivity index (χ1v) is 7.84. The molecule has 1 N–H and O–H groups in total. The van der Waals surface area contributed by atoms with Crippen LogP contribution in [0.5, 0.6) is 0 Å². The predicted octanol–water partition coefficient (Wildman–Crippen LogP) is 1.23. The highest BCUT2D eigenvalue weighted by atomic mass is 16.6. The highest BCUT2D eigenvalue weighted by Crippen LogP contribution is 2.23. The summed E-state index contributed by atoms with van der Waals surface area (Å²) in [6.07, 6.45) is 0.905. The Morgan fingerprint density at radius 1 is 0.920 bits per heavy atom. The van der Waals surface area contributed by atoms with Crippen LogP contribution in [0.15, 0.2) is 42.5 Å². The molecule has 0 spiro atoms. The molecular weight excluding hydrogens is 326 g/mol. The molecule has 0 saturated carbocycles. The second-order valence-corrected chi connectivity index (χ2v) is 5.60. The second-order valence-electron chi connectivity index (χ2n) is 5.60. The third kappa shape index (κ3) is 4.90. The van der Waals surface area contributed by atoms with Crippen molar-refractivity contribution >= 4 is 17.8 Å². The number of carbonyl (C=O) groups excluding carboxylic acids is 3. The number of amides is 1. The Kier molecular flexibility index (Phi) is 6.30. The molecule has 134 valence electrons. The molecule has 0 aromatic heterocycles. The van der Waals surface area contributed by atoms with E-state index in [1.54, 1.807) is 36.4 Å². The Morgan fingerprint density at radius 2 is 1.56 bits per heavy atom. The van der Waals surface area contributed by atoms with Gasteiger partial charge in [0.25, 0.3) is 5.91 Å². The molecule has 1 amide bonds. The number of nitrogens with one attached hydrogen (secondary N) is 1. The Labute approximate surface area is 145 Å². The van der Waals surface area contributed by atoms with Gasteiger partial charge in [-0.15, -0.1) is 0 Å². The third-order valence-corrected chi connectivity index (χ3v) is 3.72. The first-order valence-electron chi connectivity index (χ1n) is 7.84. The number of rotatable bonds is 5. The van der Waals surface area contributed by atoms with Crippen LogP contribution in [0, 0.1) is 0 Å². The second kappa shape index (κ2) is 8.43. The molecule has 25 heavy (non-hydrogen) atoms. The fourth-order valence-electron chi connectivity index (χ4n) is 2.70. The standard InChI is InChI=1S/C18H21NO6/c1-11(20)24-15-10-9-14(16(23-3)17(15)25-12(2)21)19-18(22)13-7-5-4-6-8-13/h4-10,14-17H,1-3H3,(H,19,22). The van der Waals surface area contributed by atoms with Crippen LogP contribution in [0.2, 0.25) is 0 Å². The van der Waals surface area contributed by atoms with Crippen LogP contribution in [0.4, 0.5) is 0 Å². The zero-order valence-corrected chi connectivity index (χ0v) is 14.3. The van der Waals surface area contributed by atoms with Crippen LogP contribution in [-0.2, 0) is 23.8 Å². The zero-order chi connectivity index (χ0) is 18.4. The minimum absolute atomic E-state index is 0.287. The molecule has 4 unspecified atom stereocenters. The third-order valence-electron chi connectivity index (χ3n) is 3.72. The predicted molar refractivity (Wildman–Crippen MR) is 88.7 cm³/mol. The van der Waals surface area contributed by atoms with Crippen molar-refractivity contribution in [3.8, 4) is 0 Å². The van der Waals surface area contributed by atoms with E-state index in [-0.39, 0.29) is 5.91 Å². The molecule has 1 aromatic carbocycles. The van der Waals surface area contributed by atoms with Crippen LogP contribution in [0.25, 0.3) is 0 Å². The SMILES string of the molecule is COC1C(NC(=O)c2ccccc2)C=CC(OC(C)=O)C1OC(C)=O. The molecule has 0 saturated heterocycles. The molecule has 0 fully saturated rings. The lowest BCUT2D eigenvalue weighted by Crippen LogP contribution is -2.56. The van der Waals surface area contributed by atoms with Gasteiger partial charge in [0, 0.05) is 26.5 Å². The Balaban J connectivity index is 2.21. The first kappa shape index (κ1) is 18.7. The number of esters is 2. The van der Waals surface area contributed by atoms with E-state index in [1.807, 2.05) is 6.07 Å². The summed E-state index contributed by atoms with van der Waals surface area (Å²) < 4.78 is 15.9. The van der Waals surface area contributed by atoms with Gasteiger partial charge in [-0.3, -0.25) is 14.4 Å². The molecule has 1 aliphatic carbocycles. The Morgan fingerprint density at radius 3 is 2.12 bits per heavy atom. The fourth-order valence-corrected chi connectivity index (χ4v) is 2.70. The van der Waals surface area contributed by atoms with Crippen LogP contribution >= 0.6 is 0 Å². The summed E-state index contributed by atoms with van der Waals surface area (Å²) in [7, 11) is 1.44. The van der Waals surface area contributed by atoms with E-state index in [0.717, 1.165) is 0 Å². The summed E-state index contributed by atoms with van der Waals surface area (Å²) in [6, 6.07) is 8.17. The maximum atomic E-state index is 12.4. The van der Waals surface area contributed by atoms with Crippen LogP contribution in [0.3, 0.4) is 0 Å². The lowest BCUT2D eigenvalue weighted by Gasteiger charge is -2.37. The average molecular weight is 347 g/mol. The number of ether oxygens (including phenoxy) is 3. The van der Waals surface area contributed by atoms with Gasteiger partial charge in [-0.05, 0) is 18.2 Å². The summed E-state index contributed by atoms with van der Waals surface area (Å²) in [6.45, 7) is 2.52. The molecule has 1 aliphatic rings. The van der Waals surface area contributed by atoms with Gasteiger partial charge < -0.3 is 19.5 Å². The van der Waals surface area contributed by atoms with E-state index < -0.39 is 36.3 Å². The van der Waals surface area contributed by atoms with E-state index in [9.17, 15) is 14.4 Å². The molecule has 2 rings (SSSR count). The first-order chi connectivity index (χ1) is 11.9. The summed E-state index contributed by atoms with van der Waals surface area (Å²) >= 11 is 0. The Hall–Kier alpha value is -2.67. The minimum Gasteiger partial charge on any atom is -0.455 e. The van der Waals surface area contributed by atoms with E-state index in [4.69, 9.17) is 14.2 Å². The Bertz CT molecular complexity index is 657. The summed E-state index contributed by atoms with van der Waals surface area (Å²) in [5.74, 6) is -1.33. The summed E-state index contributed by atoms with van der Waals surface area (Å²) in [4.78, 5) is 35.1. The van der Waals surface area contributed by atoms with E-state index in [0.29, 0.717) is 5.56 Å². The van der Waals surface area contributed by atoms with Crippen molar-refractivity contribution in [2.24, 2.45) is 0 Å². The molecule has 0 aliphatic heterocycles. The van der Waals surface area contributed by atoms with Crippen LogP contribution in [-0.4, -0.2) is 49.3 Å². The molecule has 7 heteroatoms. The van der Waals surface area contributed by atoms with Crippen molar-refractivity contribution < 1.29 is 28.6 Å². The van der Waals surface area contributed by atoms with Gasteiger partial charge in [-0.1, -0.05) is 24.3 Å². The minimum atomic E-state index is -0.863. The van der Waals surface area contributed by atoms with Crippen molar-refractivity contribution in [1.82, 2.24) is 5.32 Å². The van der Waals surface area contributed by atoms with Gasteiger partial charge in [0.05, 0.1) is 6.04 Å². The summed E-state index contributed by atoms with van der Waals surface area (Å²) in [5, 5.41) is 2.83. The number of hydrogen-bond acceptors (Lipinski definition) is 6. The van der Waals surface area contributed by atoms with Gasteiger partial charge in [0.1, 0.15) is 6.10 Å².